The Labute approximate surface area is 112 Å². The summed E-state index contributed by atoms with van der Waals surface area (Å²) in [4.78, 5) is 15.2. The van der Waals surface area contributed by atoms with Gasteiger partial charge in [-0.05, 0) is 38.8 Å². The predicted molar refractivity (Wildman–Crippen MR) is 73.9 cm³/mol. The van der Waals surface area contributed by atoms with E-state index in [0.717, 1.165) is 28.2 Å². The lowest BCUT2D eigenvalue weighted by Crippen LogP contribution is -2.09. The molecule has 19 heavy (non-hydrogen) atoms. The number of carbonyl (C=O) groups is 1. The highest BCUT2D eigenvalue weighted by Gasteiger charge is 2.15. The molecule has 0 saturated carbocycles. The van der Waals surface area contributed by atoms with Gasteiger partial charge in [-0.1, -0.05) is 17.7 Å². The van der Waals surface area contributed by atoms with Crippen molar-refractivity contribution in [1.29, 1.82) is 0 Å². The Morgan fingerprint density at radius 1 is 1.21 bits per heavy atom. The smallest absolute Gasteiger partial charge is 0.309 e. The van der Waals surface area contributed by atoms with E-state index in [-0.39, 0.29) is 6.42 Å². The normalized spacial score (nSPS) is 10.7. The zero-order valence-electron chi connectivity index (χ0n) is 11.7. The largest absolute Gasteiger partial charge is 0.481 e. The van der Waals surface area contributed by atoms with Crippen LogP contribution in [0.25, 0.3) is 5.69 Å². The van der Waals surface area contributed by atoms with Gasteiger partial charge >= 0.3 is 5.97 Å². The number of hydrogen-bond acceptors (Lipinski definition) is 2. The van der Waals surface area contributed by atoms with Crippen LogP contribution >= 0.6 is 0 Å². The molecule has 0 atom stereocenters. The highest BCUT2D eigenvalue weighted by molar-refractivity contribution is 5.70. The lowest BCUT2D eigenvalue weighted by Gasteiger charge is -2.15. The van der Waals surface area contributed by atoms with Crippen LogP contribution in [0.4, 0.5) is 0 Å². The summed E-state index contributed by atoms with van der Waals surface area (Å²) < 4.78 is 1.90. The van der Waals surface area contributed by atoms with E-state index in [1.54, 1.807) is 6.33 Å². The van der Waals surface area contributed by atoms with Gasteiger partial charge in [0.05, 0.1) is 29.8 Å². The van der Waals surface area contributed by atoms with Crippen LogP contribution in [0.5, 0.6) is 0 Å². The van der Waals surface area contributed by atoms with Gasteiger partial charge in [-0.3, -0.25) is 4.79 Å². The Kier molecular flexibility index (Phi) is 3.42. The number of imidazole rings is 1. The van der Waals surface area contributed by atoms with Gasteiger partial charge in [0, 0.05) is 0 Å². The van der Waals surface area contributed by atoms with Crippen LogP contribution in [-0.2, 0) is 11.2 Å². The molecule has 0 bridgehead atoms. The minimum atomic E-state index is -0.840. The summed E-state index contributed by atoms with van der Waals surface area (Å²) in [6, 6.07) is 4.20. The van der Waals surface area contributed by atoms with Crippen molar-refractivity contribution < 1.29 is 9.90 Å². The molecule has 0 fully saturated rings. The first-order chi connectivity index (χ1) is 8.90. The molecule has 1 N–H and O–H groups in total. The van der Waals surface area contributed by atoms with Gasteiger partial charge < -0.3 is 9.67 Å². The highest BCUT2D eigenvalue weighted by Crippen LogP contribution is 2.23. The monoisotopic (exact) mass is 258 g/mol. The van der Waals surface area contributed by atoms with Crippen molar-refractivity contribution in [2.24, 2.45) is 0 Å². The van der Waals surface area contributed by atoms with Crippen molar-refractivity contribution in [3.63, 3.8) is 0 Å². The number of carboxylic acids is 1. The molecule has 0 aliphatic carbocycles. The van der Waals surface area contributed by atoms with E-state index < -0.39 is 5.97 Å². The van der Waals surface area contributed by atoms with Crippen LogP contribution < -0.4 is 0 Å². The summed E-state index contributed by atoms with van der Waals surface area (Å²) in [5.74, 6) is -0.840. The summed E-state index contributed by atoms with van der Waals surface area (Å²) in [6.45, 7) is 7.97. The topological polar surface area (TPSA) is 55.1 Å². The van der Waals surface area contributed by atoms with Crippen molar-refractivity contribution in [1.82, 2.24) is 9.55 Å². The van der Waals surface area contributed by atoms with E-state index >= 15 is 0 Å². The van der Waals surface area contributed by atoms with Crippen molar-refractivity contribution in [3.05, 3.63) is 46.5 Å². The molecule has 100 valence electrons. The number of rotatable bonds is 3. The maximum Gasteiger partial charge on any atom is 0.309 e. The first-order valence-corrected chi connectivity index (χ1v) is 6.23. The van der Waals surface area contributed by atoms with E-state index in [1.807, 2.05) is 25.3 Å². The summed E-state index contributed by atoms with van der Waals surface area (Å²) in [7, 11) is 0. The van der Waals surface area contributed by atoms with Crippen LogP contribution in [0, 0.1) is 27.7 Å². The van der Waals surface area contributed by atoms with Crippen LogP contribution in [0.15, 0.2) is 18.5 Å². The molecule has 4 heteroatoms. The summed E-state index contributed by atoms with van der Waals surface area (Å²) in [5.41, 5.74) is 5.99. The standard InChI is InChI=1S/C15H18N2O2/c1-9-5-10(2)15(11(3)6-9)17-8-16-12(4)13(17)7-14(18)19/h5-6,8H,7H2,1-4H3,(H,18,19). The first kappa shape index (κ1) is 13.3. The Morgan fingerprint density at radius 2 is 1.79 bits per heavy atom. The van der Waals surface area contributed by atoms with Gasteiger partial charge in [-0.15, -0.1) is 0 Å². The molecule has 2 rings (SSSR count). The number of aromatic nitrogens is 2. The van der Waals surface area contributed by atoms with Crippen LogP contribution in [0.1, 0.15) is 28.1 Å². The second-order valence-corrected chi connectivity index (χ2v) is 4.96. The minimum absolute atomic E-state index is 0.0153. The van der Waals surface area contributed by atoms with E-state index in [0.29, 0.717) is 0 Å². The Hall–Kier alpha value is -2.10. The van der Waals surface area contributed by atoms with E-state index in [9.17, 15) is 4.79 Å². The molecule has 1 aromatic carbocycles. The number of aryl methyl sites for hydroxylation is 4. The van der Waals surface area contributed by atoms with Gasteiger partial charge in [0.1, 0.15) is 0 Å². The van der Waals surface area contributed by atoms with Crippen molar-refractivity contribution in [2.75, 3.05) is 0 Å². The Morgan fingerprint density at radius 3 is 2.32 bits per heavy atom. The average molecular weight is 258 g/mol. The first-order valence-electron chi connectivity index (χ1n) is 6.23. The van der Waals surface area contributed by atoms with Crippen molar-refractivity contribution in [2.45, 2.75) is 34.1 Å². The highest BCUT2D eigenvalue weighted by atomic mass is 16.4. The zero-order chi connectivity index (χ0) is 14.2. The third-order valence-electron chi connectivity index (χ3n) is 3.27. The third kappa shape index (κ3) is 2.52. The number of benzene rings is 1. The third-order valence-corrected chi connectivity index (χ3v) is 3.27. The fourth-order valence-corrected chi connectivity index (χ4v) is 2.56. The molecule has 0 aliphatic rings. The van der Waals surface area contributed by atoms with Gasteiger partial charge in [-0.2, -0.15) is 0 Å². The minimum Gasteiger partial charge on any atom is -0.481 e. The quantitative estimate of drug-likeness (QED) is 0.921. The van der Waals surface area contributed by atoms with E-state index in [1.165, 1.54) is 5.56 Å². The lowest BCUT2D eigenvalue weighted by molar-refractivity contribution is -0.136. The molecule has 1 aromatic heterocycles. The number of aliphatic carboxylic acids is 1. The molecule has 4 nitrogen and oxygen atoms in total. The molecule has 0 radical (unpaired) electrons. The zero-order valence-corrected chi connectivity index (χ0v) is 11.7. The Bertz CT molecular complexity index is 619. The second-order valence-electron chi connectivity index (χ2n) is 4.96. The molecular weight excluding hydrogens is 240 g/mol. The number of carboxylic acid groups (broad SMARTS) is 1. The summed E-state index contributed by atoms with van der Waals surface area (Å²) >= 11 is 0. The van der Waals surface area contributed by atoms with Crippen LogP contribution in [0.2, 0.25) is 0 Å². The molecule has 0 spiro atoms. The molecular formula is C15H18N2O2. The van der Waals surface area contributed by atoms with E-state index in [2.05, 4.69) is 24.0 Å². The second kappa shape index (κ2) is 4.88. The van der Waals surface area contributed by atoms with Crippen molar-refractivity contribution in [3.8, 4) is 5.69 Å². The maximum atomic E-state index is 11.0. The molecule has 2 aromatic rings. The molecule has 0 aliphatic heterocycles. The Balaban J connectivity index is 2.63. The maximum absolute atomic E-state index is 11.0. The molecule has 1 heterocycles. The van der Waals surface area contributed by atoms with Gasteiger partial charge in [-0.25, -0.2) is 4.98 Å². The van der Waals surface area contributed by atoms with Crippen LogP contribution in [-0.4, -0.2) is 20.6 Å². The summed E-state index contributed by atoms with van der Waals surface area (Å²) in [5, 5.41) is 9.02. The van der Waals surface area contributed by atoms with Gasteiger partial charge in [0.25, 0.3) is 0 Å². The van der Waals surface area contributed by atoms with Crippen LogP contribution in [0.3, 0.4) is 0 Å². The average Bonchev–Trinajstić information content (AvgIpc) is 2.59. The number of hydrogen-bond donors (Lipinski definition) is 1. The molecule has 0 unspecified atom stereocenters. The molecule has 0 amide bonds. The fourth-order valence-electron chi connectivity index (χ4n) is 2.56. The van der Waals surface area contributed by atoms with E-state index in [4.69, 9.17) is 5.11 Å². The number of nitrogens with zero attached hydrogens (tertiary/aromatic N) is 2. The fraction of sp³-hybridized carbons (Fsp3) is 0.333. The summed E-state index contributed by atoms with van der Waals surface area (Å²) in [6.07, 6.45) is 1.69. The molecule has 0 saturated heterocycles. The van der Waals surface area contributed by atoms with Gasteiger partial charge in [0.2, 0.25) is 0 Å². The van der Waals surface area contributed by atoms with Crippen molar-refractivity contribution >= 4 is 5.97 Å². The lowest BCUT2D eigenvalue weighted by atomic mass is 10.0. The van der Waals surface area contributed by atoms with Gasteiger partial charge in [0.15, 0.2) is 0 Å². The SMILES string of the molecule is Cc1cc(C)c(-n2cnc(C)c2CC(=O)O)c(C)c1. The predicted octanol–water partition coefficient (Wildman–Crippen LogP) is 2.73.